The van der Waals surface area contributed by atoms with Crippen molar-refractivity contribution in [2.75, 3.05) is 19.8 Å². The van der Waals surface area contributed by atoms with Crippen LogP contribution in [0.15, 0.2) is 0 Å². The van der Waals surface area contributed by atoms with Crippen LogP contribution in [0.3, 0.4) is 0 Å². The van der Waals surface area contributed by atoms with Crippen molar-refractivity contribution in [2.24, 2.45) is 0 Å². The van der Waals surface area contributed by atoms with E-state index in [1.54, 1.807) is 4.90 Å². The lowest BCUT2D eigenvalue weighted by atomic mass is 9.94. The topological polar surface area (TPSA) is 55.8 Å². The van der Waals surface area contributed by atoms with E-state index in [0.29, 0.717) is 32.7 Å². The number of morpholine rings is 1. The molecule has 0 aromatic carbocycles. The number of rotatable bonds is 3. The Morgan fingerprint density at radius 2 is 1.89 bits per heavy atom. The van der Waals surface area contributed by atoms with Crippen LogP contribution in [0.25, 0.3) is 0 Å². The van der Waals surface area contributed by atoms with Crippen molar-refractivity contribution in [3.63, 3.8) is 0 Å². The summed E-state index contributed by atoms with van der Waals surface area (Å²) < 4.78 is 10.8. The van der Waals surface area contributed by atoms with Crippen molar-refractivity contribution in [1.29, 1.82) is 0 Å². The van der Waals surface area contributed by atoms with E-state index in [1.165, 1.54) is 0 Å². The summed E-state index contributed by atoms with van der Waals surface area (Å²) >= 11 is 0. The van der Waals surface area contributed by atoms with Gasteiger partial charge in [-0.1, -0.05) is 19.6 Å². The number of amides is 1. The number of carbonyl (C=O) groups excluding carboxylic acids is 2. The molecule has 2 bridgehead atoms. The van der Waals surface area contributed by atoms with Crippen LogP contribution >= 0.6 is 0 Å². The maximum atomic E-state index is 12.2. The highest BCUT2D eigenvalue weighted by Gasteiger charge is 2.41. The van der Waals surface area contributed by atoms with E-state index < -0.39 is 8.07 Å². The second-order valence-corrected chi connectivity index (χ2v) is 12.2. The summed E-state index contributed by atoms with van der Waals surface area (Å²) in [6.45, 7) is 8.14. The van der Waals surface area contributed by atoms with Gasteiger partial charge < -0.3 is 9.47 Å². The van der Waals surface area contributed by atoms with Gasteiger partial charge in [0.05, 0.1) is 31.9 Å². The molecule has 0 N–H and O–H groups in total. The third-order valence-corrected chi connectivity index (χ3v) is 5.33. The van der Waals surface area contributed by atoms with Crippen LogP contribution in [0.1, 0.15) is 12.8 Å². The van der Waals surface area contributed by atoms with E-state index in [9.17, 15) is 9.59 Å². The predicted octanol–water partition coefficient (Wildman–Crippen LogP) is 1.89. The van der Waals surface area contributed by atoms with Gasteiger partial charge in [0.1, 0.15) is 5.78 Å². The molecule has 108 valence electrons. The van der Waals surface area contributed by atoms with Crippen LogP contribution in [-0.4, -0.2) is 56.8 Å². The van der Waals surface area contributed by atoms with Crippen molar-refractivity contribution in [2.45, 2.75) is 50.6 Å². The molecule has 2 aliphatic rings. The Bertz CT molecular complexity index is 350. The third kappa shape index (κ3) is 3.79. The number of Topliss-reactive ketones (excluding diaryl/α,β-unsaturated/α-hetero) is 1. The Balaban J connectivity index is 1.89. The first-order chi connectivity index (χ1) is 8.87. The molecule has 0 spiro atoms. The number of piperidine rings is 1. The molecular formula is C13H23NO4Si. The van der Waals surface area contributed by atoms with Crippen molar-refractivity contribution < 1.29 is 19.1 Å². The molecule has 2 rings (SSSR count). The van der Waals surface area contributed by atoms with Crippen molar-refractivity contribution >= 4 is 20.0 Å². The molecule has 2 unspecified atom stereocenters. The maximum Gasteiger partial charge on any atom is 0.410 e. The zero-order chi connectivity index (χ0) is 14.0. The fraction of sp³-hybridized carbons (Fsp3) is 0.846. The highest BCUT2D eigenvalue weighted by molar-refractivity contribution is 6.76. The highest BCUT2D eigenvalue weighted by atomic mass is 28.3. The smallest absolute Gasteiger partial charge is 0.410 e. The van der Waals surface area contributed by atoms with E-state index in [0.717, 1.165) is 6.04 Å². The molecule has 0 saturated carbocycles. The predicted molar refractivity (Wildman–Crippen MR) is 74.0 cm³/mol. The van der Waals surface area contributed by atoms with Crippen molar-refractivity contribution in [1.82, 2.24) is 4.90 Å². The standard InChI is InChI=1S/C13H23NO4Si/c1-19(2,3)5-4-18-13(16)14-10-6-12(15)7-11(14)9-17-8-10/h10-11H,4-9H2,1-3H3. The lowest BCUT2D eigenvalue weighted by Crippen LogP contribution is -2.59. The molecule has 6 heteroatoms. The second-order valence-electron chi connectivity index (χ2n) is 6.62. The molecule has 2 atom stereocenters. The van der Waals surface area contributed by atoms with Gasteiger partial charge in [0.15, 0.2) is 0 Å². The van der Waals surface area contributed by atoms with Gasteiger partial charge in [-0.15, -0.1) is 0 Å². The van der Waals surface area contributed by atoms with Gasteiger partial charge in [0, 0.05) is 20.9 Å². The Kier molecular flexibility index (Phi) is 4.30. The normalized spacial score (nSPS) is 27.3. The average Bonchev–Trinajstić information content (AvgIpc) is 2.25. The summed E-state index contributed by atoms with van der Waals surface area (Å²) in [4.78, 5) is 25.4. The number of carbonyl (C=O) groups is 2. The molecule has 2 fully saturated rings. The number of ketones is 1. The first-order valence-corrected chi connectivity index (χ1v) is 10.6. The van der Waals surface area contributed by atoms with E-state index >= 15 is 0 Å². The molecule has 2 aliphatic heterocycles. The molecule has 0 aliphatic carbocycles. The molecule has 19 heavy (non-hydrogen) atoms. The Morgan fingerprint density at radius 1 is 1.32 bits per heavy atom. The number of hydrogen-bond acceptors (Lipinski definition) is 4. The summed E-state index contributed by atoms with van der Waals surface area (Å²) in [6.07, 6.45) is 0.531. The number of nitrogens with zero attached hydrogens (tertiary/aromatic N) is 1. The quantitative estimate of drug-likeness (QED) is 0.743. The summed E-state index contributed by atoms with van der Waals surface area (Å²) in [5.74, 6) is 0.226. The van der Waals surface area contributed by atoms with E-state index in [2.05, 4.69) is 19.6 Å². The number of fused-ring (bicyclic) bond motifs is 2. The van der Waals surface area contributed by atoms with Gasteiger partial charge in [0.2, 0.25) is 0 Å². The average molecular weight is 285 g/mol. The lowest BCUT2D eigenvalue weighted by Gasteiger charge is -2.44. The molecule has 5 nitrogen and oxygen atoms in total. The van der Waals surface area contributed by atoms with Gasteiger partial charge in [-0.2, -0.15) is 0 Å². The van der Waals surface area contributed by atoms with Crippen molar-refractivity contribution in [3.8, 4) is 0 Å². The van der Waals surface area contributed by atoms with Gasteiger partial charge in [-0.25, -0.2) is 4.79 Å². The molecular weight excluding hydrogens is 262 g/mol. The minimum absolute atomic E-state index is 0.126. The van der Waals surface area contributed by atoms with Crippen LogP contribution in [-0.2, 0) is 14.3 Å². The fourth-order valence-corrected chi connectivity index (χ4v) is 3.25. The Morgan fingerprint density at radius 3 is 2.42 bits per heavy atom. The first kappa shape index (κ1) is 14.5. The van der Waals surface area contributed by atoms with E-state index in [1.807, 2.05) is 0 Å². The van der Waals surface area contributed by atoms with Crippen LogP contribution in [0, 0.1) is 0 Å². The van der Waals surface area contributed by atoms with E-state index in [-0.39, 0.29) is 24.0 Å². The second kappa shape index (κ2) is 5.62. The third-order valence-electron chi connectivity index (χ3n) is 3.62. The summed E-state index contributed by atoms with van der Waals surface area (Å²) in [7, 11) is -1.19. The van der Waals surface area contributed by atoms with E-state index in [4.69, 9.17) is 9.47 Å². The molecule has 0 aromatic heterocycles. The number of hydrogen-bond donors (Lipinski definition) is 0. The molecule has 2 heterocycles. The first-order valence-electron chi connectivity index (χ1n) is 6.91. The Labute approximate surface area is 115 Å². The van der Waals surface area contributed by atoms with Crippen LogP contribution in [0.4, 0.5) is 4.79 Å². The molecule has 0 radical (unpaired) electrons. The van der Waals surface area contributed by atoms with Gasteiger partial charge >= 0.3 is 6.09 Å². The number of ether oxygens (including phenoxy) is 2. The fourth-order valence-electron chi connectivity index (χ4n) is 2.54. The maximum absolute atomic E-state index is 12.2. The monoisotopic (exact) mass is 285 g/mol. The van der Waals surface area contributed by atoms with Crippen LogP contribution < -0.4 is 0 Å². The van der Waals surface area contributed by atoms with Gasteiger partial charge in [-0.05, 0) is 6.04 Å². The molecule has 2 saturated heterocycles. The minimum atomic E-state index is -1.19. The largest absolute Gasteiger partial charge is 0.450 e. The zero-order valence-electron chi connectivity index (χ0n) is 12.0. The molecule has 1 amide bonds. The highest BCUT2D eigenvalue weighted by Crippen LogP contribution is 2.26. The van der Waals surface area contributed by atoms with Crippen LogP contribution in [0.5, 0.6) is 0 Å². The summed E-state index contributed by atoms with van der Waals surface area (Å²) in [6, 6.07) is 0.718. The van der Waals surface area contributed by atoms with Crippen molar-refractivity contribution in [3.05, 3.63) is 0 Å². The zero-order valence-corrected chi connectivity index (χ0v) is 13.0. The lowest BCUT2D eigenvalue weighted by molar-refractivity contribution is -0.133. The minimum Gasteiger partial charge on any atom is -0.450 e. The molecule has 0 aromatic rings. The Hall–Kier alpha value is -0.883. The van der Waals surface area contributed by atoms with Crippen LogP contribution in [0.2, 0.25) is 25.7 Å². The van der Waals surface area contributed by atoms with Gasteiger partial charge in [-0.3, -0.25) is 9.69 Å². The summed E-state index contributed by atoms with van der Waals surface area (Å²) in [5, 5.41) is 0. The van der Waals surface area contributed by atoms with Gasteiger partial charge in [0.25, 0.3) is 0 Å². The SMILES string of the molecule is C[Si](C)(C)CCOC(=O)N1C2COCC1CC(=O)C2. The summed E-state index contributed by atoms with van der Waals surface area (Å²) in [5.41, 5.74) is 0.